The van der Waals surface area contributed by atoms with E-state index in [0.717, 1.165) is 25.9 Å². The van der Waals surface area contributed by atoms with Crippen molar-refractivity contribution < 1.29 is 5.11 Å². The van der Waals surface area contributed by atoms with E-state index in [9.17, 15) is 0 Å². The van der Waals surface area contributed by atoms with Gasteiger partial charge in [0, 0.05) is 6.54 Å². The van der Waals surface area contributed by atoms with Crippen LogP contribution >= 0.6 is 0 Å². The molecule has 0 aromatic carbocycles. The van der Waals surface area contributed by atoms with Crippen molar-refractivity contribution in [3.8, 4) is 0 Å². The molecule has 0 spiro atoms. The van der Waals surface area contributed by atoms with Gasteiger partial charge in [-0.2, -0.15) is 0 Å². The number of aliphatic hydroxyl groups excluding tert-OH is 1. The molecule has 0 aromatic rings. The SMILES string of the molecule is [B]N1CCC/C(=C/CO)C1. The number of hydrogen-bond donors (Lipinski definition) is 1. The Labute approximate surface area is 63.0 Å². The maximum Gasteiger partial charge on any atom is 0.182 e. The molecule has 10 heavy (non-hydrogen) atoms. The molecule has 0 atom stereocenters. The smallest absolute Gasteiger partial charge is 0.182 e. The molecule has 1 aliphatic heterocycles. The number of rotatable bonds is 1. The van der Waals surface area contributed by atoms with Gasteiger partial charge in [0.15, 0.2) is 7.98 Å². The third-order valence-electron chi connectivity index (χ3n) is 1.73. The van der Waals surface area contributed by atoms with Crippen molar-refractivity contribution in [2.24, 2.45) is 0 Å². The van der Waals surface area contributed by atoms with Crippen molar-refractivity contribution in [1.82, 2.24) is 4.81 Å². The van der Waals surface area contributed by atoms with Gasteiger partial charge in [0.1, 0.15) is 0 Å². The maximum atomic E-state index is 8.57. The lowest BCUT2D eigenvalue weighted by Gasteiger charge is -2.24. The molecule has 54 valence electrons. The van der Waals surface area contributed by atoms with Crippen LogP contribution in [0.25, 0.3) is 0 Å². The van der Waals surface area contributed by atoms with E-state index in [-0.39, 0.29) is 6.61 Å². The van der Waals surface area contributed by atoms with E-state index < -0.39 is 0 Å². The van der Waals surface area contributed by atoms with Gasteiger partial charge in [-0.3, -0.25) is 0 Å². The molecule has 3 heteroatoms. The summed E-state index contributed by atoms with van der Waals surface area (Å²) in [4.78, 5) is 1.78. The molecule has 0 saturated carbocycles. The molecule has 0 unspecified atom stereocenters. The fourth-order valence-electron chi connectivity index (χ4n) is 1.22. The average Bonchev–Trinajstić information content (AvgIpc) is 1.88. The van der Waals surface area contributed by atoms with Crippen molar-refractivity contribution in [3.05, 3.63) is 11.6 Å². The number of hydrogen-bond acceptors (Lipinski definition) is 2. The van der Waals surface area contributed by atoms with Crippen molar-refractivity contribution in [2.45, 2.75) is 12.8 Å². The van der Waals surface area contributed by atoms with Gasteiger partial charge >= 0.3 is 0 Å². The summed E-state index contributed by atoms with van der Waals surface area (Å²) < 4.78 is 0. The summed E-state index contributed by atoms with van der Waals surface area (Å²) in [5, 5.41) is 8.57. The first-order chi connectivity index (χ1) is 4.83. The van der Waals surface area contributed by atoms with E-state index in [1.807, 2.05) is 6.08 Å². The topological polar surface area (TPSA) is 23.5 Å². The second kappa shape index (κ2) is 3.79. The summed E-state index contributed by atoms with van der Waals surface area (Å²) in [6, 6.07) is 0. The Morgan fingerprint density at radius 3 is 3.10 bits per heavy atom. The summed E-state index contributed by atoms with van der Waals surface area (Å²) in [7, 11) is 5.57. The van der Waals surface area contributed by atoms with Crippen LogP contribution in [-0.4, -0.2) is 37.6 Å². The predicted molar refractivity (Wildman–Crippen MR) is 41.7 cm³/mol. The number of nitrogens with zero attached hydrogens (tertiary/aromatic N) is 1. The minimum atomic E-state index is 0.142. The van der Waals surface area contributed by atoms with Gasteiger partial charge in [0.05, 0.1) is 6.61 Å². The minimum absolute atomic E-state index is 0.142. The predicted octanol–water partition coefficient (Wildman–Crippen LogP) is 0.0844. The van der Waals surface area contributed by atoms with Gasteiger partial charge in [-0.25, -0.2) is 0 Å². The lowest BCUT2D eigenvalue weighted by Crippen LogP contribution is -2.28. The monoisotopic (exact) mass is 137 g/mol. The molecule has 1 fully saturated rings. The summed E-state index contributed by atoms with van der Waals surface area (Å²) in [6.45, 7) is 1.94. The van der Waals surface area contributed by atoms with Crippen LogP contribution in [-0.2, 0) is 0 Å². The Hall–Kier alpha value is -0.275. The molecular formula is C7H12BNO. The average molecular weight is 137 g/mol. The van der Waals surface area contributed by atoms with Crippen LogP contribution in [0.2, 0.25) is 0 Å². The highest BCUT2D eigenvalue weighted by Gasteiger charge is 2.08. The Balaban J connectivity index is 2.39. The van der Waals surface area contributed by atoms with Crippen LogP contribution in [0.1, 0.15) is 12.8 Å². The van der Waals surface area contributed by atoms with E-state index in [1.165, 1.54) is 5.57 Å². The van der Waals surface area contributed by atoms with Crippen molar-refractivity contribution in [1.29, 1.82) is 0 Å². The first kappa shape index (κ1) is 7.83. The summed E-state index contributed by atoms with van der Waals surface area (Å²) in [5.74, 6) is 0. The van der Waals surface area contributed by atoms with Gasteiger partial charge < -0.3 is 9.92 Å². The molecular weight excluding hydrogens is 125 g/mol. The third-order valence-corrected chi connectivity index (χ3v) is 1.73. The fraction of sp³-hybridized carbons (Fsp3) is 0.714. The molecule has 2 radical (unpaired) electrons. The summed E-state index contributed by atoms with van der Waals surface area (Å²) in [5.41, 5.74) is 1.26. The Morgan fingerprint density at radius 1 is 1.70 bits per heavy atom. The van der Waals surface area contributed by atoms with Crippen LogP contribution in [0.3, 0.4) is 0 Å². The van der Waals surface area contributed by atoms with Crippen molar-refractivity contribution in [2.75, 3.05) is 19.7 Å². The molecule has 2 nitrogen and oxygen atoms in total. The molecule has 1 rings (SSSR count). The van der Waals surface area contributed by atoms with Crippen molar-refractivity contribution in [3.63, 3.8) is 0 Å². The van der Waals surface area contributed by atoms with Gasteiger partial charge in [-0.15, -0.1) is 0 Å². The van der Waals surface area contributed by atoms with E-state index in [0.29, 0.717) is 0 Å². The van der Waals surface area contributed by atoms with E-state index in [2.05, 4.69) is 0 Å². The number of aliphatic hydroxyl groups is 1. The zero-order valence-corrected chi connectivity index (χ0v) is 6.08. The molecule has 0 amide bonds. The minimum Gasteiger partial charge on any atom is -0.392 e. The third kappa shape index (κ3) is 2.16. The summed E-state index contributed by atoms with van der Waals surface area (Å²) in [6.07, 6.45) is 4.05. The second-order valence-electron chi connectivity index (χ2n) is 2.62. The highest BCUT2D eigenvalue weighted by atomic mass is 16.2. The molecule has 0 aliphatic carbocycles. The molecule has 1 N–H and O–H groups in total. The normalized spacial score (nSPS) is 25.5. The van der Waals surface area contributed by atoms with Crippen LogP contribution < -0.4 is 0 Å². The lowest BCUT2D eigenvalue weighted by atomic mass is 10.0. The summed E-state index contributed by atoms with van der Waals surface area (Å²) >= 11 is 0. The molecule has 1 aliphatic rings. The largest absolute Gasteiger partial charge is 0.392 e. The Morgan fingerprint density at radius 2 is 2.50 bits per heavy atom. The Bertz CT molecular complexity index is 136. The van der Waals surface area contributed by atoms with E-state index in [1.54, 1.807) is 4.81 Å². The van der Waals surface area contributed by atoms with Crippen LogP contribution in [0, 0.1) is 0 Å². The van der Waals surface area contributed by atoms with E-state index in [4.69, 9.17) is 13.1 Å². The first-order valence-electron chi connectivity index (χ1n) is 3.61. The fourth-order valence-corrected chi connectivity index (χ4v) is 1.22. The zero-order valence-electron chi connectivity index (χ0n) is 6.08. The van der Waals surface area contributed by atoms with Gasteiger partial charge in [-0.05, 0) is 19.4 Å². The van der Waals surface area contributed by atoms with Crippen LogP contribution in [0.5, 0.6) is 0 Å². The number of piperidine rings is 1. The molecule has 1 heterocycles. The standard InChI is InChI=1S/C7H12BNO/c8-9-4-1-2-7(6-9)3-5-10/h3,10H,1-2,4-6H2/b7-3-. The van der Waals surface area contributed by atoms with Gasteiger partial charge in [0.25, 0.3) is 0 Å². The highest BCUT2D eigenvalue weighted by molar-refractivity contribution is 6.04. The molecule has 0 aromatic heterocycles. The second-order valence-corrected chi connectivity index (χ2v) is 2.62. The van der Waals surface area contributed by atoms with Gasteiger partial charge in [0.2, 0.25) is 0 Å². The van der Waals surface area contributed by atoms with Crippen LogP contribution in [0.4, 0.5) is 0 Å². The molecule has 0 bridgehead atoms. The maximum absolute atomic E-state index is 8.57. The highest BCUT2D eigenvalue weighted by Crippen LogP contribution is 2.12. The quantitative estimate of drug-likeness (QED) is 0.408. The first-order valence-corrected chi connectivity index (χ1v) is 3.61. The van der Waals surface area contributed by atoms with Gasteiger partial charge in [-0.1, -0.05) is 11.6 Å². The lowest BCUT2D eigenvalue weighted by molar-refractivity contribution is 0.338. The zero-order chi connectivity index (χ0) is 7.40. The molecule has 1 saturated heterocycles. The van der Waals surface area contributed by atoms with Crippen molar-refractivity contribution >= 4 is 7.98 Å². The van der Waals surface area contributed by atoms with E-state index >= 15 is 0 Å². The Kier molecular flexibility index (Phi) is 2.96. The van der Waals surface area contributed by atoms with Crippen LogP contribution in [0.15, 0.2) is 11.6 Å².